The van der Waals surface area contributed by atoms with E-state index in [-0.39, 0.29) is 11.8 Å². The van der Waals surface area contributed by atoms with Gasteiger partial charge in [-0.25, -0.2) is 0 Å². The Hall–Kier alpha value is -2.34. The SMILES string of the molecule is COc1ccc(/C(C)=C/C(=O)N2CCN(C(=O)CCN3CCCC3)CC2)cc1. The molecule has 3 rings (SSSR count). The van der Waals surface area contributed by atoms with E-state index < -0.39 is 0 Å². The van der Waals surface area contributed by atoms with Crippen LogP contribution in [0.4, 0.5) is 0 Å². The quantitative estimate of drug-likeness (QED) is 0.705. The van der Waals surface area contributed by atoms with Crippen LogP contribution >= 0.6 is 0 Å². The lowest BCUT2D eigenvalue weighted by Gasteiger charge is -2.34. The monoisotopic (exact) mass is 385 g/mol. The fourth-order valence-electron chi connectivity index (χ4n) is 3.81. The summed E-state index contributed by atoms with van der Waals surface area (Å²) in [6.07, 6.45) is 4.77. The number of carbonyl (C=O) groups excluding carboxylic acids is 2. The zero-order valence-corrected chi connectivity index (χ0v) is 17.0. The van der Waals surface area contributed by atoms with E-state index in [0.717, 1.165) is 36.5 Å². The summed E-state index contributed by atoms with van der Waals surface area (Å²) in [6.45, 7) is 7.49. The number of nitrogens with zero attached hydrogens (tertiary/aromatic N) is 3. The van der Waals surface area contributed by atoms with Crippen LogP contribution in [0.1, 0.15) is 31.7 Å². The molecule has 152 valence electrons. The summed E-state index contributed by atoms with van der Waals surface area (Å²) in [5.41, 5.74) is 1.93. The number of benzene rings is 1. The summed E-state index contributed by atoms with van der Waals surface area (Å²) >= 11 is 0. The van der Waals surface area contributed by atoms with Crippen molar-refractivity contribution in [2.75, 3.05) is 52.9 Å². The van der Waals surface area contributed by atoms with Crippen LogP contribution in [0.5, 0.6) is 5.75 Å². The first-order chi connectivity index (χ1) is 13.6. The molecule has 2 fully saturated rings. The van der Waals surface area contributed by atoms with Gasteiger partial charge in [-0.05, 0) is 56.1 Å². The molecule has 0 saturated carbocycles. The zero-order chi connectivity index (χ0) is 19.9. The summed E-state index contributed by atoms with van der Waals surface area (Å²) in [5.74, 6) is 1.02. The van der Waals surface area contributed by atoms with Crippen molar-refractivity contribution in [2.24, 2.45) is 0 Å². The van der Waals surface area contributed by atoms with E-state index in [0.29, 0.717) is 32.6 Å². The summed E-state index contributed by atoms with van der Waals surface area (Å²) in [7, 11) is 1.64. The summed E-state index contributed by atoms with van der Waals surface area (Å²) < 4.78 is 5.17. The Labute approximate surface area is 167 Å². The van der Waals surface area contributed by atoms with E-state index in [1.54, 1.807) is 13.2 Å². The standard InChI is InChI=1S/C22H31N3O3/c1-18(19-5-7-20(28-2)8-6-19)17-22(27)25-15-13-24(14-16-25)21(26)9-12-23-10-3-4-11-23/h5-8,17H,3-4,9-16H2,1-2H3/b18-17+. The van der Waals surface area contributed by atoms with Gasteiger partial charge in [0.15, 0.2) is 0 Å². The maximum Gasteiger partial charge on any atom is 0.246 e. The smallest absolute Gasteiger partial charge is 0.246 e. The fourth-order valence-corrected chi connectivity index (χ4v) is 3.81. The van der Waals surface area contributed by atoms with Gasteiger partial charge in [-0.3, -0.25) is 9.59 Å². The molecule has 0 radical (unpaired) electrons. The molecule has 2 heterocycles. The van der Waals surface area contributed by atoms with Crippen LogP contribution in [0.15, 0.2) is 30.3 Å². The van der Waals surface area contributed by atoms with Crippen LogP contribution in [0, 0.1) is 0 Å². The van der Waals surface area contributed by atoms with Gasteiger partial charge in [0.25, 0.3) is 0 Å². The number of methoxy groups -OCH3 is 1. The molecule has 2 saturated heterocycles. The second-order valence-corrected chi connectivity index (χ2v) is 7.56. The molecule has 0 aromatic heterocycles. The van der Waals surface area contributed by atoms with E-state index in [2.05, 4.69) is 4.90 Å². The molecule has 28 heavy (non-hydrogen) atoms. The first-order valence-corrected chi connectivity index (χ1v) is 10.2. The van der Waals surface area contributed by atoms with Crippen LogP contribution < -0.4 is 4.74 Å². The van der Waals surface area contributed by atoms with Gasteiger partial charge in [0, 0.05) is 45.2 Å². The van der Waals surface area contributed by atoms with Crippen LogP contribution in [-0.4, -0.2) is 79.4 Å². The third kappa shape index (κ3) is 5.35. The molecule has 0 N–H and O–H groups in total. The average molecular weight is 386 g/mol. The average Bonchev–Trinajstić information content (AvgIpc) is 3.25. The lowest BCUT2D eigenvalue weighted by molar-refractivity contribution is -0.137. The predicted molar refractivity (Wildman–Crippen MR) is 110 cm³/mol. The number of rotatable bonds is 6. The molecule has 6 nitrogen and oxygen atoms in total. The Morgan fingerprint density at radius 1 is 0.964 bits per heavy atom. The van der Waals surface area contributed by atoms with Gasteiger partial charge < -0.3 is 19.4 Å². The number of amides is 2. The number of allylic oxidation sites excluding steroid dienone is 1. The van der Waals surface area contributed by atoms with Gasteiger partial charge in [0.2, 0.25) is 11.8 Å². The van der Waals surface area contributed by atoms with Crippen molar-refractivity contribution >= 4 is 17.4 Å². The van der Waals surface area contributed by atoms with Crippen LogP contribution in [0.3, 0.4) is 0 Å². The molecule has 6 heteroatoms. The zero-order valence-electron chi connectivity index (χ0n) is 17.0. The number of likely N-dealkylation sites (tertiary alicyclic amines) is 1. The normalized spacial score (nSPS) is 18.4. The van der Waals surface area contributed by atoms with Crippen LogP contribution in [-0.2, 0) is 9.59 Å². The number of ether oxygens (including phenoxy) is 1. The minimum Gasteiger partial charge on any atom is -0.497 e. The summed E-state index contributed by atoms with van der Waals surface area (Å²) in [4.78, 5) is 31.1. The number of piperazine rings is 1. The van der Waals surface area contributed by atoms with Crippen LogP contribution in [0.25, 0.3) is 5.57 Å². The van der Waals surface area contributed by atoms with Gasteiger partial charge in [-0.2, -0.15) is 0 Å². The first kappa shape index (κ1) is 20.4. The highest BCUT2D eigenvalue weighted by Gasteiger charge is 2.24. The maximum atomic E-state index is 12.6. The lowest BCUT2D eigenvalue weighted by Crippen LogP contribution is -2.50. The second kappa shape index (κ2) is 9.73. The van der Waals surface area contributed by atoms with E-state index in [9.17, 15) is 9.59 Å². The number of hydrogen-bond donors (Lipinski definition) is 0. The lowest BCUT2D eigenvalue weighted by atomic mass is 10.1. The Balaban J connectivity index is 1.46. The van der Waals surface area contributed by atoms with Crippen molar-refractivity contribution in [2.45, 2.75) is 26.2 Å². The molecule has 1 aromatic carbocycles. The van der Waals surface area contributed by atoms with Gasteiger partial charge in [0.1, 0.15) is 5.75 Å². The van der Waals surface area contributed by atoms with Gasteiger partial charge in [-0.15, -0.1) is 0 Å². The molecular formula is C22H31N3O3. The van der Waals surface area contributed by atoms with Crippen molar-refractivity contribution in [1.82, 2.24) is 14.7 Å². The Bertz CT molecular complexity index is 700. The molecule has 0 aliphatic carbocycles. The van der Waals surface area contributed by atoms with Crippen molar-refractivity contribution in [3.63, 3.8) is 0 Å². The highest BCUT2D eigenvalue weighted by molar-refractivity contribution is 5.95. The number of carbonyl (C=O) groups is 2. The molecule has 0 atom stereocenters. The highest BCUT2D eigenvalue weighted by atomic mass is 16.5. The Morgan fingerprint density at radius 2 is 1.57 bits per heavy atom. The topological polar surface area (TPSA) is 53.1 Å². The van der Waals surface area contributed by atoms with E-state index in [1.165, 1.54) is 12.8 Å². The minimum absolute atomic E-state index is 0.0116. The molecule has 0 spiro atoms. The fraction of sp³-hybridized carbons (Fsp3) is 0.545. The van der Waals surface area contributed by atoms with E-state index >= 15 is 0 Å². The third-order valence-electron chi connectivity index (χ3n) is 5.67. The molecular weight excluding hydrogens is 354 g/mol. The highest BCUT2D eigenvalue weighted by Crippen LogP contribution is 2.18. The third-order valence-corrected chi connectivity index (χ3v) is 5.67. The van der Waals surface area contributed by atoms with E-state index in [1.807, 2.05) is 41.0 Å². The van der Waals surface area contributed by atoms with E-state index in [4.69, 9.17) is 4.74 Å². The number of hydrogen-bond acceptors (Lipinski definition) is 4. The van der Waals surface area contributed by atoms with Crippen molar-refractivity contribution in [1.29, 1.82) is 0 Å². The maximum absolute atomic E-state index is 12.6. The molecule has 2 aliphatic rings. The van der Waals surface area contributed by atoms with Crippen molar-refractivity contribution in [3.8, 4) is 5.75 Å². The van der Waals surface area contributed by atoms with Crippen molar-refractivity contribution < 1.29 is 14.3 Å². The Morgan fingerprint density at radius 3 is 2.18 bits per heavy atom. The molecule has 0 bridgehead atoms. The van der Waals surface area contributed by atoms with Gasteiger partial charge in [0.05, 0.1) is 7.11 Å². The molecule has 2 aliphatic heterocycles. The predicted octanol–water partition coefficient (Wildman–Crippen LogP) is 2.26. The second-order valence-electron chi connectivity index (χ2n) is 7.56. The minimum atomic E-state index is 0.0116. The van der Waals surface area contributed by atoms with Gasteiger partial charge >= 0.3 is 0 Å². The summed E-state index contributed by atoms with van der Waals surface area (Å²) in [5, 5.41) is 0. The largest absolute Gasteiger partial charge is 0.497 e. The Kier molecular flexibility index (Phi) is 7.09. The molecule has 1 aromatic rings. The van der Waals surface area contributed by atoms with Crippen LogP contribution in [0.2, 0.25) is 0 Å². The molecule has 0 unspecified atom stereocenters. The summed E-state index contributed by atoms with van der Waals surface area (Å²) in [6, 6.07) is 7.69. The van der Waals surface area contributed by atoms with Crippen molar-refractivity contribution in [3.05, 3.63) is 35.9 Å². The molecule has 2 amide bonds. The first-order valence-electron chi connectivity index (χ1n) is 10.2. The van der Waals surface area contributed by atoms with Gasteiger partial charge in [-0.1, -0.05) is 12.1 Å².